The molecule has 1 aromatic heterocycles. The Morgan fingerprint density at radius 1 is 0.880 bits per heavy atom. The van der Waals surface area contributed by atoms with Crippen molar-refractivity contribution in [2.45, 2.75) is 0 Å². The third-order valence-corrected chi connectivity index (χ3v) is 3.80. The van der Waals surface area contributed by atoms with Gasteiger partial charge in [-0.2, -0.15) is 0 Å². The first-order chi connectivity index (χ1) is 12.1. The Kier molecular flexibility index (Phi) is 3.43. The van der Waals surface area contributed by atoms with Gasteiger partial charge in [0.05, 0.1) is 23.1 Å². The molecule has 0 atom stereocenters. The molecule has 6 heteroatoms. The number of hydrogen-bond acceptors (Lipinski definition) is 5. The number of nitrogens with zero attached hydrogens (tertiary/aromatic N) is 1. The second-order valence-corrected chi connectivity index (χ2v) is 5.36. The number of imide groups is 1. The average Bonchev–Trinajstić information content (AvgIpc) is 3.24. The molecule has 2 aromatic carbocycles. The second-order valence-electron chi connectivity index (χ2n) is 5.36. The number of fused-ring (bicyclic) bond motifs is 1. The molecule has 0 fully saturated rings. The van der Waals surface area contributed by atoms with Gasteiger partial charge in [0.2, 0.25) is 5.76 Å². The fraction of sp³-hybridized carbons (Fsp3) is 0. The average molecular weight is 333 g/mol. The number of amides is 2. The van der Waals surface area contributed by atoms with Gasteiger partial charge in [-0.3, -0.25) is 9.59 Å². The number of ether oxygens (including phenoxy) is 1. The van der Waals surface area contributed by atoms with Crippen molar-refractivity contribution in [2.75, 3.05) is 4.90 Å². The Hall–Kier alpha value is -3.67. The van der Waals surface area contributed by atoms with Crippen molar-refractivity contribution < 1.29 is 23.5 Å². The minimum Gasteiger partial charge on any atom is -0.457 e. The Bertz CT molecular complexity index is 956. The van der Waals surface area contributed by atoms with Crippen LogP contribution >= 0.6 is 0 Å². The fourth-order valence-corrected chi connectivity index (χ4v) is 2.66. The van der Waals surface area contributed by atoms with E-state index in [9.17, 15) is 14.4 Å². The van der Waals surface area contributed by atoms with Crippen LogP contribution in [0.4, 0.5) is 5.69 Å². The highest BCUT2D eigenvalue weighted by Crippen LogP contribution is 2.30. The highest BCUT2D eigenvalue weighted by molar-refractivity contribution is 6.34. The van der Waals surface area contributed by atoms with Crippen molar-refractivity contribution >= 4 is 23.5 Å². The molecule has 6 nitrogen and oxygen atoms in total. The lowest BCUT2D eigenvalue weighted by Crippen LogP contribution is -2.29. The van der Waals surface area contributed by atoms with Crippen LogP contribution in [0.3, 0.4) is 0 Å². The Labute approximate surface area is 142 Å². The summed E-state index contributed by atoms with van der Waals surface area (Å²) in [6.45, 7) is 0. The molecule has 0 N–H and O–H groups in total. The molecule has 0 aliphatic carbocycles. The highest BCUT2D eigenvalue weighted by Gasteiger charge is 2.36. The topological polar surface area (TPSA) is 76.8 Å². The van der Waals surface area contributed by atoms with Crippen LogP contribution in [-0.2, 0) is 0 Å². The summed E-state index contributed by atoms with van der Waals surface area (Å²) >= 11 is 0. The molecule has 25 heavy (non-hydrogen) atoms. The second kappa shape index (κ2) is 5.76. The summed E-state index contributed by atoms with van der Waals surface area (Å²) in [4.78, 5) is 38.0. The predicted octanol–water partition coefficient (Wildman–Crippen LogP) is 3.30. The van der Waals surface area contributed by atoms with E-state index in [-0.39, 0.29) is 11.5 Å². The molecule has 0 saturated carbocycles. The molecule has 4 rings (SSSR count). The zero-order valence-electron chi connectivity index (χ0n) is 12.8. The molecule has 2 heterocycles. The van der Waals surface area contributed by atoms with E-state index >= 15 is 0 Å². The normalized spacial score (nSPS) is 13.0. The molecule has 0 unspecified atom stereocenters. The summed E-state index contributed by atoms with van der Waals surface area (Å²) < 4.78 is 10.2. The molecule has 0 bridgehead atoms. The smallest absolute Gasteiger partial charge is 0.379 e. The van der Waals surface area contributed by atoms with Crippen molar-refractivity contribution in [2.24, 2.45) is 0 Å². The first-order valence-corrected chi connectivity index (χ1v) is 7.49. The minimum absolute atomic E-state index is 0.0612. The first kappa shape index (κ1) is 14.9. The summed E-state index contributed by atoms with van der Waals surface area (Å²) in [6.07, 6.45) is 1.37. The van der Waals surface area contributed by atoms with Gasteiger partial charge in [0.15, 0.2) is 0 Å². The number of carbonyl (C=O) groups excluding carboxylic acids is 3. The van der Waals surface area contributed by atoms with Crippen LogP contribution < -0.4 is 9.64 Å². The maximum Gasteiger partial charge on any atom is 0.379 e. The van der Waals surface area contributed by atoms with Crippen molar-refractivity contribution in [3.63, 3.8) is 0 Å². The number of rotatable bonds is 3. The van der Waals surface area contributed by atoms with E-state index in [1.165, 1.54) is 18.4 Å². The first-order valence-electron chi connectivity index (χ1n) is 7.49. The summed E-state index contributed by atoms with van der Waals surface area (Å²) in [6, 6.07) is 15.9. The summed E-state index contributed by atoms with van der Waals surface area (Å²) in [5.74, 6) is -1.21. The van der Waals surface area contributed by atoms with Gasteiger partial charge in [-0.1, -0.05) is 18.2 Å². The highest BCUT2D eigenvalue weighted by atomic mass is 16.5. The molecule has 1 aliphatic rings. The van der Waals surface area contributed by atoms with E-state index in [1.54, 1.807) is 48.5 Å². The molecule has 1 aliphatic heterocycles. The molecule has 2 amide bonds. The van der Waals surface area contributed by atoms with Crippen LogP contribution in [0.25, 0.3) is 0 Å². The standard InChI is InChI=1S/C19H11NO5/c21-17-14-7-1-2-8-15(14)18(22)20(17)12-5-3-6-13(11-12)25-19(23)16-9-4-10-24-16/h1-11H. The van der Waals surface area contributed by atoms with Gasteiger partial charge in [0, 0.05) is 6.07 Å². The Morgan fingerprint density at radius 2 is 1.60 bits per heavy atom. The quantitative estimate of drug-likeness (QED) is 0.417. The van der Waals surface area contributed by atoms with Crippen LogP contribution in [0.2, 0.25) is 0 Å². The van der Waals surface area contributed by atoms with E-state index in [0.717, 1.165) is 4.90 Å². The molecular weight excluding hydrogens is 322 g/mol. The Balaban J connectivity index is 1.63. The minimum atomic E-state index is -0.662. The van der Waals surface area contributed by atoms with Gasteiger partial charge in [0.25, 0.3) is 11.8 Å². The van der Waals surface area contributed by atoms with Crippen molar-refractivity contribution in [1.82, 2.24) is 0 Å². The molecule has 3 aromatic rings. The summed E-state index contributed by atoms with van der Waals surface area (Å²) in [5, 5.41) is 0. The molecule has 0 spiro atoms. The number of carbonyl (C=O) groups is 3. The van der Waals surface area contributed by atoms with Gasteiger partial charge in [-0.05, 0) is 36.4 Å². The number of hydrogen-bond donors (Lipinski definition) is 0. The van der Waals surface area contributed by atoms with E-state index in [1.807, 2.05) is 0 Å². The maximum absolute atomic E-state index is 12.5. The van der Waals surface area contributed by atoms with Gasteiger partial charge in [0.1, 0.15) is 5.75 Å². The zero-order chi connectivity index (χ0) is 17.4. The molecule has 122 valence electrons. The Morgan fingerprint density at radius 3 is 2.24 bits per heavy atom. The maximum atomic E-state index is 12.5. The van der Waals surface area contributed by atoms with Crippen LogP contribution in [0, 0.1) is 0 Å². The molecular formula is C19H11NO5. The van der Waals surface area contributed by atoms with E-state index in [4.69, 9.17) is 9.15 Å². The van der Waals surface area contributed by atoms with Gasteiger partial charge >= 0.3 is 5.97 Å². The zero-order valence-corrected chi connectivity index (χ0v) is 12.8. The number of furan rings is 1. The number of esters is 1. The molecule has 0 radical (unpaired) electrons. The van der Waals surface area contributed by atoms with E-state index < -0.39 is 17.8 Å². The fourth-order valence-electron chi connectivity index (χ4n) is 2.66. The third-order valence-electron chi connectivity index (χ3n) is 3.80. The lowest BCUT2D eigenvalue weighted by molar-refractivity contribution is 0.0701. The van der Waals surface area contributed by atoms with Crippen molar-refractivity contribution in [3.8, 4) is 5.75 Å². The van der Waals surface area contributed by atoms with Crippen molar-refractivity contribution in [1.29, 1.82) is 0 Å². The predicted molar refractivity (Wildman–Crippen MR) is 87.7 cm³/mol. The van der Waals surface area contributed by atoms with E-state index in [2.05, 4.69) is 0 Å². The van der Waals surface area contributed by atoms with Gasteiger partial charge < -0.3 is 9.15 Å². The van der Waals surface area contributed by atoms with E-state index in [0.29, 0.717) is 16.8 Å². The lowest BCUT2D eigenvalue weighted by atomic mass is 10.1. The van der Waals surface area contributed by atoms with Crippen LogP contribution in [-0.4, -0.2) is 17.8 Å². The number of anilines is 1. The van der Waals surface area contributed by atoms with Gasteiger partial charge in [-0.25, -0.2) is 9.69 Å². The lowest BCUT2D eigenvalue weighted by Gasteiger charge is -2.14. The van der Waals surface area contributed by atoms with Crippen molar-refractivity contribution in [3.05, 3.63) is 83.8 Å². The third kappa shape index (κ3) is 2.49. The monoisotopic (exact) mass is 333 g/mol. The largest absolute Gasteiger partial charge is 0.457 e. The SMILES string of the molecule is O=C(Oc1cccc(N2C(=O)c3ccccc3C2=O)c1)c1ccco1. The summed E-state index contributed by atoms with van der Waals surface area (Å²) in [5.41, 5.74) is 1.03. The molecule has 0 saturated heterocycles. The van der Waals surface area contributed by atoms with Gasteiger partial charge in [-0.15, -0.1) is 0 Å². The summed E-state index contributed by atoms with van der Waals surface area (Å²) in [7, 11) is 0. The van der Waals surface area contributed by atoms with Crippen LogP contribution in [0.1, 0.15) is 31.3 Å². The van der Waals surface area contributed by atoms with Crippen LogP contribution in [0.15, 0.2) is 71.3 Å². The van der Waals surface area contributed by atoms with Crippen LogP contribution in [0.5, 0.6) is 5.75 Å². The number of benzene rings is 2.